The second kappa shape index (κ2) is 9.19. The lowest BCUT2D eigenvalue weighted by atomic mass is 10.1. The van der Waals surface area contributed by atoms with E-state index < -0.39 is 0 Å². The molecule has 0 amide bonds. The maximum atomic E-state index is 12.9. The minimum Gasteiger partial charge on any atom is -0.381 e. The molecule has 1 aliphatic heterocycles. The summed E-state index contributed by atoms with van der Waals surface area (Å²) in [4.78, 5) is 6.31. The number of nitrogens with one attached hydrogen (secondary N) is 1. The fourth-order valence-corrected chi connectivity index (χ4v) is 2.30. The normalized spacial score (nSPS) is 18.2. The fourth-order valence-electron chi connectivity index (χ4n) is 2.30. The average molecular weight is 407 g/mol. The van der Waals surface area contributed by atoms with E-state index in [1.165, 1.54) is 12.1 Å². The lowest BCUT2D eigenvalue weighted by Crippen LogP contribution is -2.40. The summed E-state index contributed by atoms with van der Waals surface area (Å²) in [7, 11) is 3.75. The van der Waals surface area contributed by atoms with Crippen molar-refractivity contribution in [1.82, 2.24) is 10.2 Å². The molecule has 4 nitrogen and oxygen atoms in total. The Bertz CT molecular complexity index is 447. The monoisotopic (exact) mass is 407 g/mol. The van der Waals surface area contributed by atoms with E-state index in [-0.39, 0.29) is 29.8 Å². The van der Waals surface area contributed by atoms with Gasteiger partial charge in [-0.1, -0.05) is 12.1 Å². The van der Waals surface area contributed by atoms with Crippen LogP contribution < -0.4 is 5.32 Å². The van der Waals surface area contributed by atoms with Crippen molar-refractivity contribution in [3.05, 3.63) is 35.6 Å². The first-order valence-electron chi connectivity index (χ1n) is 6.93. The summed E-state index contributed by atoms with van der Waals surface area (Å²) >= 11 is 0. The minimum atomic E-state index is -0.208. The molecule has 0 bridgehead atoms. The third kappa shape index (κ3) is 5.78. The first-order chi connectivity index (χ1) is 9.69. The summed E-state index contributed by atoms with van der Waals surface area (Å²) in [5.74, 6) is 1.20. The van der Waals surface area contributed by atoms with Crippen molar-refractivity contribution in [2.45, 2.75) is 13.0 Å². The molecule has 21 heavy (non-hydrogen) atoms. The van der Waals surface area contributed by atoms with Gasteiger partial charge in [-0.3, -0.25) is 4.99 Å². The van der Waals surface area contributed by atoms with Crippen LogP contribution in [0, 0.1) is 11.7 Å². The van der Waals surface area contributed by atoms with E-state index in [0.29, 0.717) is 12.5 Å². The van der Waals surface area contributed by atoms with Gasteiger partial charge in [0.2, 0.25) is 0 Å². The third-order valence-corrected chi connectivity index (χ3v) is 3.48. The number of halogens is 2. The van der Waals surface area contributed by atoms with Crippen LogP contribution >= 0.6 is 24.0 Å². The van der Waals surface area contributed by atoms with Gasteiger partial charge in [0.25, 0.3) is 0 Å². The highest BCUT2D eigenvalue weighted by atomic mass is 127. The van der Waals surface area contributed by atoms with Gasteiger partial charge in [-0.25, -0.2) is 4.39 Å². The highest BCUT2D eigenvalue weighted by molar-refractivity contribution is 14.0. The largest absolute Gasteiger partial charge is 0.381 e. The highest BCUT2D eigenvalue weighted by Gasteiger charge is 2.16. The molecule has 0 saturated carbocycles. The Balaban J connectivity index is 0.00000220. The predicted molar refractivity (Wildman–Crippen MR) is 93.6 cm³/mol. The SMILES string of the molecule is CN=C(NCC1CCOC1)N(C)Cc1ccc(F)cc1.I. The van der Waals surface area contributed by atoms with E-state index in [0.717, 1.165) is 37.7 Å². The number of hydrogen-bond acceptors (Lipinski definition) is 2. The van der Waals surface area contributed by atoms with Gasteiger partial charge in [-0.05, 0) is 24.1 Å². The Morgan fingerprint density at radius 2 is 2.14 bits per heavy atom. The van der Waals surface area contributed by atoms with Crippen molar-refractivity contribution in [3.8, 4) is 0 Å². The van der Waals surface area contributed by atoms with Crippen LogP contribution in [0.25, 0.3) is 0 Å². The number of rotatable bonds is 4. The molecule has 0 aliphatic carbocycles. The maximum Gasteiger partial charge on any atom is 0.193 e. The molecule has 1 saturated heterocycles. The molecule has 0 aromatic heterocycles. The number of ether oxygens (including phenoxy) is 1. The van der Waals surface area contributed by atoms with E-state index in [1.54, 1.807) is 19.2 Å². The Kier molecular flexibility index (Phi) is 7.95. The standard InChI is InChI=1S/C15H22FN3O.HI/c1-17-15(18-9-13-7-8-20-11-13)19(2)10-12-3-5-14(16)6-4-12;/h3-6,13H,7-11H2,1-2H3,(H,17,18);1H. The van der Waals surface area contributed by atoms with Crippen molar-refractivity contribution in [2.75, 3.05) is 33.9 Å². The van der Waals surface area contributed by atoms with E-state index in [1.807, 2.05) is 11.9 Å². The van der Waals surface area contributed by atoms with Gasteiger partial charge in [0, 0.05) is 39.7 Å². The zero-order valence-electron chi connectivity index (χ0n) is 12.5. The summed E-state index contributed by atoms with van der Waals surface area (Å²) < 4.78 is 18.2. The minimum absolute atomic E-state index is 0. The fraction of sp³-hybridized carbons (Fsp3) is 0.533. The molecule has 1 heterocycles. The second-order valence-electron chi connectivity index (χ2n) is 5.14. The molecule has 0 radical (unpaired) electrons. The summed E-state index contributed by atoms with van der Waals surface area (Å²) in [5.41, 5.74) is 1.06. The van der Waals surface area contributed by atoms with Gasteiger partial charge in [-0.15, -0.1) is 24.0 Å². The van der Waals surface area contributed by atoms with Gasteiger partial charge in [-0.2, -0.15) is 0 Å². The van der Waals surface area contributed by atoms with Crippen LogP contribution in [-0.2, 0) is 11.3 Å². The average Bonchev–Trinajstić information content (AvgIpc) is 2.95. The molecular weight excluding hydrogens is 384 g/mol. The first-order valence-corrected chi connectivity index (χ1v) is 6.93. The molecule has 0 spiro atoms. The van der Waals surface area contributed by atoms with Crippen molar-refractivity contribution < 1.29 is 9.13 Å². The molecule has 6 heteroatoms. The van der Waals surface area contributed by atoms with E-state index in [9.17, 15) is 4.39 Å². The van der Waals surface area contributed by atoms with Crippen molar-refractivity contribution >= 4 is 29.9 Å². The van der Waals surface area contributed by atoms with Gasteiger partial charge < -0.3 is 15.0 Å². The molecular formula is C15H23FIN3O. The Morgan fingerprint density at radius 3 is 2.71 bits per heavy atom. The molecule has 118 valence electrons. The Labute approximate surface area is 142 Å². The van der Waals surface area contributed by atoms with Crippen LogP contribution in [0.4, 0.5) is 4.39 Å². The number of benzene rings is 1. The van der Waals surface area contributed by atoms with Gasteiger partial charge in [0.05, 0.1) is 6.61 Å². The molecule has 1 atom stereocenters. The quantitative estimate of drug-likeness (QED) is 0.474. The van der Waals surface area contributed by atoms with Gasteiger partial charge in [0.15, 0.2) is 5.96 Å². The summed E-state index contributed by atoms with van der Waals surface area (Å²) in [5, 5.41) is 3.36. The molecule has 1 aromatic rings. The maximum absolute atomic E-state index is 12.9. The van der Waals surface area contributed by atoms with E-state index >= 15 is 0 Å². The van der Waals surface area contributed by atoms with Crippen LogP contribution in [0.15, 0.2) is 29.3 Å². The predicted octanol–water partition coefficient (Wildman–Crippen LogP) is 2.49. The lowest BCUT2D eigenvalue weighted by molar-refractivity contribution is 0.186. The van der Waals surface area contributed by atoms with Crippen molar-refractivity contribution in [1.29, 1.82) is 0 Å². The number of nitrogens with zero attached hydrogens (tertiary/aromatic N) is 2. The zero-order valence-corrected chi connectivity index (χ0v) is 14.8. The van der Waals surface area contributed by atoms with Crippen molar-refractivity contribution in [3.63, 3.8) is 0 Å². The second-order valence-corrected chi connectivity index (χ2v) is 5.14. The van der Waals surface area contributed by atoms with Crippen LogP contribution in [0.5, 0.6) is 0 Å². The molecule has 2 rings (SSSR count). The van der Waals surface area contributed by atoms with Crippen LogP contribution in [0.1, 0.15) is 12.0 Å². The van der Waals surface area contributed by atoms with Gasteiger partial charge >= 0.3 is 0 Å². The summed E-state index contributed by atoms with van der Waals surface area (Å²) in [6.45, 7) is 3.25. The number of guanidine groups is 1. The van der Waals surface area contributed by atoms with Crippen LogP contribution in [0.2, 0.25) is 0 Å². The summed E-state index contributed by atoms with van der Waals surface area (Å²) in [6, 6.07) is 6.55. The molecule has 1 unspecified atom stereocenters. The van der Waals surface area contributed by atoms with Crippen LogP contribution in [-0.4, -0.2) is 44.7 Å². The Hall–Kier alpha value is -0.890. The zero-order chi connectivity index (χ0) is 14.4. The highest BCUT2D eigenvalue weighted by Crippen LogP contribution is 2.11. The Morgan fingerprint density at radius 1 is 1.43 bits per heavy atom. The lowest BCUT2D eigenvalue weighted by Gasteiger charge is -2.23. The number of hydrogen-bond donors (Lipinski definition) is 1. The van der Waals surface area contributed by atoms with Crippen molar-refractivity contribution in [2.24, 2.45) is 10.9 Å². The molecule has 1 N–H and O–H groups in total. The topological polar surface area (TPSA) is 36.9 Å². The molecule has 1 aromatic carbocycles. The first kappa shape index (κ1) is 18.2. The van der Waals surface area contributed by atoms with Gasteiger partial charge in [0.1, 0.15) is 5.82 Å². The summed E-state index contributed by atoms with van der Waals surface area (Å²) in [6.07, 6.45) is 1.10. The van der Waals surface area contributed by atoms with E-state index in [4.69, 9.17) is 4.74 Å². The smallest absolute Gasteiger partial charge is 0.193 e. The third-order valence-electron chi connectivity index (χ3n) is 3.48. The van der Waals surface area contributed by atoms with E-state index in [2.05, 4.69) is 10.3 Å². The molecule has 1 aliphatic rings. The number of aliphatic imine (C=N–C) groups is 1. The van der Waals surface area contributed by atoms with Crippen LogP contribution in [0.3, 0.4) is 0 Å². The molecule has 1 fully saturated rings.